The molecular formula is C20H21N3O3. The number of rotatable bonds is 2. The molecule has 1 aromatic carbocycles. The Balaban J connectivity index is 1.61. The van der Waals surface area contributed by atoms with Gasteiger partial charge in [0, 0.05) is 12.4 Å². The molecule has 0 radical (unpaired) electrons. The predicted molar refractivity (Wildman–Crippen MR) is 97.0 cm³/mol. The lowest BCUT2D eigenvalue weighted by Crippen LogP contribution is -2.43. The van der Waals surface area contributed by atoms with E-state index in [-0.39, 0.29) is 29.6 Å². The van der Waals surface area contributed by atoms with Gasteiger partial charge in [-0.3, -0.25) is 24.3 Å². The lowest BCUT2D eigenvalue weighted by atomic mass is 9.67. The van der Waals surface area contributed by atoms with Crippen molar-refractivity contribution in [1.29, 1.82) is 0 Å². The van der Waals surface area contributed by atoms with Crippen molar-refractivity contribution in [3.63, 3.8) is 0 Å². The summed E-state index contributed by atoms with van der Waals surface area (Å²) in [5.74, 6) is -1.96. The predicted octanol–water partition coefficient (Wildman–Crippen LogP) is 2.45. The maximum Gasteiger partial charge on any atom is 0.233 e. The Hall–Kier alpha value is -2.76. The fourth-order valence-corrected chi connectivity index (χ4v) is 4.38. The number of fused-ring (bicyclic) bond motifs is 2. The van der Waals surface area contributed by atoms with Gasteiger partial charge >= 0.3 is 0 Å². The molecule has 1 saturated carbocycles. The summed E-state index contributed by atoms with van der Waals surface area (Å²) in [6, 6.07) is 9.55. The largest absolute Gasteiger partial charge is 0.324 e. The number of amides is 3. The quantitative estimate of drug-likeness (QED) is 0.843. The molecule has 2 aliphatic rings. The number of nitrogens with one attached hydrogen (secondary N) is 1. The van der Waals surface area contributed by atoms with Gasteiger partial charge in [-0.2, -0.15) is 0 Å². The third-order valence-corrected chi connectivity index (χ3v) is 5.79. The van der Waals surface area contributed by atoms with Gasteiger partial charge < -0.3 is 5.32 Å². The highest BCUT2D eigenvalue weighted by Gasteiger charge is 2.54. The molecule has 26 heavy (non-hydrogen) atoms. The number of nitrogens with zero attached hydrogens (tertiary/aromatic N) is 2. The van der Waals surface area contributed by atoms with Crippen molar-refractivity contribution < 1.29 is 14.4 Å². The van der Waals surface area contributed by atoms with Crippen LogP contribution < -0.4 is 5.32 Å². The van der Waals surface area contributed by atoms with E-state index in [1.807, 2.05) is 37.3 Å². The molecule has 3 amide bonds. The van der Waals surface area contributed by atoms with Crippen molar-refractivity contribution in [2.75, 3.05) is 12.4 Å². The van der Waals surface area contributed by atoms with Crippen LogP contribution in [-0.4, -0.2) is 34.7 Å². The minimum atomic E-state index is -0.551. The normalized spacial score (nSPS) is 28.3. The average molecular weight is 351 g/mol. The van der Waals surface area contributed by atoms with Crippen LogP contribution in [0, 0.1) is 23.7 Å². The SMILES string of the molecule is C[C@@H]1CC[C@@H]2C(=O)N(C)C(=O)[C@H]2[C@@H]1C(=O)Nc1cnc2ccccc2c1. The second kappa shape index (κ2) is 6.20. The van der Waals surface area contributed by atoms with Crippen LogP contribution in [0.5, 0.6) is 0 Å². The number of pyridine rings is 1. The fourth-order valence-electron chi connectivity index (χ4n) is 4.38. The Morgan fingerprint density at radius 3 is 2.77 bits per heavy atom. The van der Waals surface area contributed by atoms with Crippen LogP contribution in [0.4, 0.5) is 5.69 Å². The Kier molecular flexibility index (Phi) is 3.98. The maximum atomic E-state index is 13.0. The van der Waals surface area contributed by atoms with Gasteiger partial charge in [-0.15, -0.1) is 0 Å². The van der Waals surface area contributed by atoms with Crippen LogP contribution in [-0.2, 0) is 14.4 Å². The lowest BCUT2D eigenvalue weighted by molar-refractivity contribution is -0.140. The molecule has 1 aromatic heterocycles. The zero-order valence-corrected chi connectivity index (χ0v) is 14.8. The first kappa shape index (κ1) is 16.7. The molecule has 6 heteroatoms. The summed E-state index contributed by atoms with van der Waals surface area (Å²) in [6.45, 7) is 1.98. The molecule has 0 unspecified atom stereocenters. The van der Waals surface area contributed by atoms with Crippen LogP contribution in [0.25, 0.3) is 10.9 Å². The second-order valence-electron chi connectivity index (χ2n) is 7.35. The van der Waals surface area contributed by atoms with Gasteiger partial charge in [-0.25, -0.2) is 0 Å². The van der Waals surface area contributed by atoms with Crippen molar-refractivity contribution >= 4 is 34.3 Å². The number of hydrogen-bond acceptors (Lipinski definition) is 4. The molecule has 1 saturated heterocycles. The lowest BCUT2D eigenvalue weighted by Gasteiger charge is -2.34. The highest BCUT2D eigenvalue weighted by Crippen LogP contribution is 2.44. The van der Waals surface area contributed by atoms with Crippen molar-refractivity contribution in [2.24, 2.45) is 23.7 Å². The first-order valence-corrected chi connectivity index (χ1v) is 8.94. The number of likely N-dealkylation sites (tertiary alicyclic amines) is 1. The van der Waals surface area contributed by atoms with Gasteiger partial charge in [0.25, 0.3) is 0 Å². The highest BCUT2D eigenvalue weighted by atomic mass is 16.2. The molecule has 2 fully saturated rings. The first-order valence-electron chi connectivity index (χ1n) is 8.94. The molecule has 1 aliphatic carbocycles. The number of para-hydroxylation sites is 1. The Labute approximate surface area is 151 Å². The number of anilines is 1. The molecule has 4 rings (SSSR count). The van der Waals surface area contributed by atoms with E-state index in [1.165, 1.54) is 11.9 Å². The van der Waals surface area contributed by atoms with Crippen LogP contribution in [0.3, 0.4) is 0 Å². The maximum absolute atomic E-state index is 13.0. The molecule has 6 nitrogen and oxygen atoms in total. The number of aromatic nitrogens is 1. The number of benzene rings is 1. The second-order valence-corrected chi connectivity index (χ2v) is 7.35. The fraction of sp³-hybridized carbons (Fsp3) is 0.400. The van der Waals surface area contributed by atoms with E-state index in [2.05, 4.69) is 10.3 Å². The van der Waals surface area contributed by atoms with Crippen molar-refractivity contribution in [3.8, 4) is 0 Å². The number of hydrogen-bond donors (Lipinski definition) is 1. The highest BCUT2D eigenvalue weighted by molar-refractivity contribution is 6.08. The van der Waals surface area contributed by atoms with Crippen LogP contribution in [0.1, 0.15) is 19.8 Å². The van der Waals surface area contributed by atoms with Gasteiger partial charge in [0.2, 0.25) is 17.7 Å². The number of carbonyl (C=O) groups excluding carboxylic acids is 3. The third kappa shape index (κ3) is 2.57. The van der Waals surface area contributed by atoms with Gasteiger partial charge in [-0.05, 0) is 30.9 Å². The molecule has 1 aliphatic heterocycles. The minimum Gasteiger partial charge on any atom is -0.324 e. The summed E-state index contributed by atoms with van der Waals surface area (Å²) in [6.07, 6.45) is 3.06. The molecule has 1 N–H and O–H groups in total. The third-order valence-electron chi connectivity index (χ3n) is 5.79. The first-order chi connectivity index (χ1) is 12.5. The molecule has 4 atom stereocenters. The van der Waals surface area contributed by atoms with E-state index in [0.717, 1.165) is 17.3 Å². The Morgan fingerprint density at radius 2 is 1.96 bits per heavy atom. The van der Waals surface area contributed by atoms with Crippen LogP contribution >= 0.6 is 0 Å². The van der Waals surface area contributed by atoms with E-state index in [4.69, 9.17) is 0 Å². The average Bonchev–Trinajstić information content (AvgIpc) is 2.85. The summed E-state index contributed by atoms with van der Waals surface area (Å²) in [7, 11) is 1.51. The van der Waals surface area contributed by atoms with E-state index in [9.17, 15) is 14.4 Å². The summed E-state index contributed by atoms with van der Waals surface area (Å²) in [4.78, 5) is 43.4. The van der Waals surface area contributed by atoms with E-state index in [0.29, 0.717) is 12.1 Å². The zero-order valence-electron chi connectivity index (χ0n) is 14.8. The summed E-state index contributed by atoms with van der Waals surface area (Å²) >= 11 is 0. The molecule has 2 heterocycles. The molecule has 0 spiro atoms. The summed E-state index contributed by atoms with van der Waals surface area (Å²) in [5, 5.41) is 3.85. The van der Waals surface area contributed by atoms with Gasteiger partial charge in [0.15, 0.2) is 0 Å². The smallest absolute Gasteiger partial charge is 0.233 e. The molecular weight excluding hydrogens is 330 g/mol. The van der Waals surface area contributed by atoms with E-state index < -0.39 is 11.8 Å². The summed E-state index contributed by atoms with van der Waals surface area (Å²) < 4.78 is 0. The topological polar surface area (TPSA) is 79.4 Å². The van der Waals surface area contributed by atoms with Crippen LogP contribution in [0.2, 0.25) is 0 Å². The molecule has 0 bridgehead atoms. The van der Waals surface area contributed by atoms with Crippen LogP contribution in [0.15, 0.2) is 36.5 Å². The Bertz CT molecular complexity index is 910. The van der Waals surface area contributed by atoms with E-state index >= 15 is 0 Å². The molecule has 134 valence electrons. The Morgan fingerprint density at radius 1 is 1.19 bits per heavy atom. The number of carbonyl (C=O) groups is 3. The standard InChI is InChI=1S/C20H21N3O3/c1-11-7-8-14-17(20(26)23(2)19(14)25)16(11)18(24)22-13-9-12-5-3-4-6-15(12)21-10-13/h3-6,9-11,14,16-17H,7-8H2,1-2H3,(H,22,24)/t11-,14+,16-,17-/m1/s1. The van der Waals surface area contributed by atoms with Gasteiger partial charge in [0.1, 0.15) is 0 Å². The van der Waals surface area contributed by atoms with Crippen molar-refractivity contribution in [3.05, 3.63) is 36.5 Å². The minimum absolute atomic E-state index is 0.0490. The molecule has 2 aromatic rings. The summed E-state index contributed by atoms with van der Waals surface area (Å²) in [5.41, 5.74) is 1.46. The van der Waals surface area contributed by atoms with Crippen molar-refractivity contribution in [2.45, 2.75) is 19.8 Å². The van der Waals surface area contributed by atoms with Gasteiger partial charge in [-0.1, -0.05) is 25.1 Å². The zero-order chi connectivity index (χ0) is 18.4. The van der Waals surface area contributed by atoms with E-state index in [1.54, 1.807) is 6.20 Å². The number of imide groups is 1. The monoisotopic (exact) mass is 351 g/mol. The van der Waals surface area contributed by atoms with Gasteiger partial charge in [0.05, 0.1) is 35.2 Å². The van der Waals surface area contributed by atoms with Crippen molar-refractivity contribution in [1.82, 2.24) is 9.88 Å².